The summed E-state index contributed by atoms with van der Waals surface area (Å²) in [6, 6.07) is 0. The zero-order chi connectivity index (χ0) is 18.5. The second kappa shape index (κ2) is 4.57. The van der Waals surface area contributed by atoms with Crippen LogP contribution in [0.1, 0.15) is 45.0 Å². The summed E-state index contributed by atoms with van der Waals surface area (Å²) in [6.07, 6.45) is -1.08. The molecule has 1 aliphatic rings. The Morgan fingerprint density at radius 1 is 1.32 bits per heavy atom. The molecule has 0 bridgehead atoms. The average molecular weight is 269 g/mol. The minimum Gasteiger partial charge on any atom is -0.464 e. The van der Waals surface area contributed by atoms with Crippen LogP contribution in [0, 0.1) is 0 Å². The van der Waals surface area contributed by atoms with Gasteiger partial charge in [-0.05, 0) is 27.7 Å². The first-order chi connectivity index (χ1) is 10.7. The van der Waals surface area contributed by atoms with Crippen molar-refractivity contribution < 1.29 is 25.7 Å². The Balaban J connectivity index is 2.33. The van der Waals surface area contributed by atoms with Crippen LogP contribution in [-0.4, -0.2) is 41.3 Å². The van der Waals surface area contributed by atoms with Gasteiger partial charge >= 0.3 is 13.1 Å². The maximum Gasteiger partial charge on any atom is 0.516 e. The molecule has 1 aromatic rings. The van der Waals surface area contributed by atoms with E-state index in [1.165, 1.54) is 0 Å². The molecule has 0 N–H and O–H groups in total. The molecule has 0 saturated carbocycles. The summed E-state index contributed by atoms with van der Waals surface area (Å²) in [5, 5.41) is 0. The second-order valence-corrected chi connectivity index (χ2v) is 5.16. The van der Waals surface area contributed by atoms with Crippen molar-refractivity contribution in [2.45, 2.75) is 38.9 Å². The SMILES string of the molecule is [2H]c1nc(C(=O)OC([2H])([2H])[2H])c([2H])nc1B1OC(C)(C)C(C)(C)O1. The van der Waals surface area contributed by atoms with Crippen LogP contribution in [0.3, 0.4) is 0 Å². The van der Waals surface area contributed by atoms with Crippen LogP contribution in [0.25, 0.3) is 0 Å². The standard InChI is InChI=1S/C12H17BN2O4/c1-11(2)12(3,4)19-13(18-11)9-7-14-8(6-15-9)10(16)17-5/h6-7H,1-5H3/i5D3,6D,7D. The van der Waals surface area contributed by atoms with E-state index in [2.05, 4.69) is 14.7 Å². The second-order valence-electron chi connectivity index (χ2n) is 5.16. The lowest BCUT2D eigenvalue weighted by Gasteiger charge is -2.32. The van der Waals surface area contributed by atoms with Gasteiger partial charge in [-0.3, -0.25) is 4.98 Å². The normalized spacial score (nSPS) is 24.8. The molecule has 6 nitrogen and oxygen atoms in total. The van der Waals surface area contributed by atoms with E-state index >= 15 is 0 Å². The van der Waals surface area contributed by atoms with E-state index in [1.807, 2.05) is 27.7 Å². The number of hydrogen-bond acceptors (Lipinski definition) is 6. The molecule has 2 rings (SSSR count). The van der Waals surface area contributed by atoms with Gasteiger partial charge in [0.25, 0.3) is 0 Å². The molecule has 0 atom stereocenters. The number of rotatable bonds is 2. The van der Waals surface area contributed by atoms with Crippen LogP contribution in [0.5, 0.6) is 0 Å². The Morgan fingerprint density at radius 3 is 2.53 bits per heavy atom. The molecule has 0 radical (unpaired) electrons. The smallest absolute Gasteiger partial charge is 0.464 e. The van der Waals surface area contributed by atoms with Gasteiger partial charge in [0.15, 0.2) is 5.69 Å². The summed E-state index contributed by atoms with van der Waals surface area (Å²) in [7, 11) is -4.00. The Kier molecular flexibility index (Phi) is 2.08. The number of nitrogens with zero attached hydrogens (tertiary/aromatic N) is 2. The quantitative estimate of drug-likeness (QED) is 0.577. The van der Waals surface area contributed by atoms with E-state index in [0.29, 0.717) is 0 Å². The molecule has 1 fully saturated rings. The predicted molar refractivity (Wildman–Crippen MR) is 69.1 cm³/mol. The van der Waals surface area contributed by atoms with E-state index in [4.69, 9.17) is 16.2 Å². The van der Waals surface area contributed by atoms with E-state index < -0.39 is 49.4 Å². The molecule has 1 saturated heterocycles. The third kappa shape index (κ3) is 2.48. The number of hydrogen-bond donors (Lipinski definition) is 0. The maximum atomic E-state index is 11.7. The highest BCUT2D eigenvalue weighted by Gasteiger charge is 2.52. The summed E-state index contributed by atoms with van der Waals surface area (Å²) in [5.41, 5.74) is -2.07. The van der Waals surface area contributed by atoms with Crippen molar-refractivity contribution in [2.75, 3.05) is 7.04 Å². The van der Waals surface area contributed by atoms with Crippen LogP contribution >= 0.6 is 0 Å². The molecule has 1 aromatic heterocycles. The van der Waals surface area contributed by atoms with Crippen molar-refractivity contribution >= 4 is 18.7 Å². The molecule has 2 heterocycles. The molecule has 1 aliphatic heterocycles. The highest BCUT2D eigenvalue weighted by molar-refractivity contribution is 6.61. The van der Waals surface area contributed by atoms with Gasteiger partial charge in [-0.2, -0.15) is 0 Å². The first-order valence-electron chi connectivity index (χ1n) is 8.18. The highest BCUT2D eigenvalue weighted by atomic mass is 16.7. The number of carbonyl (C=O) groups excluding carboxylic acids is 1. The number of carbonyl (C=O) groups is 1. The fourth-order valence-electron chi connectivity index (χ4n) is 1.48. The molecule has 7 heteroatoms. The minimum atomic E-state index is -2.97. The van der Waals surface area contributed by atoms with Gasteiger partial charge in [-0.1, -0.05) is 0 Å². The first-order valence-corrected chi connectivity index (χ1v) is 5.68. The highest BCUT2D eigenvalue weighted by Crippen LogP contribution is 2.36. The maximum absolute atomic E-state index is 11.7. The largest absolute Gasteiger partial charge is 0.516 e. The molecule has 0 unspecified atom stereocenters. The van der Waals surface area contributed by atoms with Gasteiger partial charge < -0.3 is 14.0 Å². The first kappa shape index (κ1) is 8.66. The summed E-state index contributed by atoms with van der Waals surface area (Å²) < 4.78 is 52.0. The van der Waals surface area contributed by atoms with E-state index in [1.54, 1.807) is 0 Å². The third-order valence-corrected chi connectivity index (χ3v) is 3.33. The number of methoxy groups -OCH3 is 1. The van der Waals surface area contributed by atoms with Crippen molar-refractivity contribution in [3.8, 4) is 0 Å². The molecule has 0 aliphatic carbocycles. The lowest BCUT2D eigenvalue weighted by Crippen LogP contribution is -2.41. The molecule has 102 valence electrons. The molecular weight excluding hydrogens is 247 g/mol. The van der Waals surface area contributed by atoms with Gasteiger partial charge in [-0.15, -0.1) is 0 Å². The number of aromatic nitrogens is 2. The lowest BCUT2D eigenvalue weighted by atomic mass is 9.85. The average Bonchev–Trinajstić information content (AvgIpc) is 2.58. The summed E-state index contributed by atoms with van der Waals surface area (Å²) >= 11 is 0. The van der Waals surface area contributed by atoms with Crippen molar-refractivity contribution in [1.82, 2.24) is 9.97 Å². The Hall–Kier alpha value is -1.47. The summed E-state index contributed by atoms with van der Waals surface area (Å²) in [5.74, 6) is -1.35. The van der Waals surface area contributed by atoms with Gasteiger partial charge in [0, 0.05) is 6.17 Å². The van der Waals surface area contributed by atoms with Gasteiger partial charge in [0.05, 0.1) is 36.9 Å². The predicted octanol–water partition coefficient (Wildman–Crippen LogP) is 0.562. The van der Waals surface area contributed by atoms with Crippen LogP contribution in [0.2, 0.25) is 0 Å². The van der Waals surface area contributed by atoms with Crippen molar-refractivity contribution in [1.29, 1.82) is 0 Å². The topological polar surface area (TPSA) is 70.5 Å². The molecule has 0 amide bonds. The van der Waals surface area contributed by atoms with Gasteiger partial charge in [0.1, 0.15) is 0 Å². The van der Waals surface area contributed by atoms with Crippen LogP contribution < -0.4 is 5.59 Å². The Labute approximate surface area is 119 Å². The van der Waals surface area contributed by atoms with Crippen LogP contribution in [0.4, 0.5) is 0 Å². The Morgan fingerprint density at radius 2 is 1.95 bits per heavy atom. The zero-order valence-corrected chi connectivity index (χ0v) is 11.1. The van der Waals surface area contributed by atoms with Crippen LogP contribution in [-0.2, 0) is 14.0 Å². The molecule has 0 spiro atoms. The minimum absolute atomic E-state index is 0.0657. The van der Waals surface area contributed by atoms with Gasteiger partial charge in [0.2, 0.25) is 0 Å². The Bertz CT molecular complexity index is 664. The van der Waals surface area contributed by atoms with Crippen LogP contribution in [0.15, 0.2) is 12.3 Å². The van der Waals surface area contributed by atoms with E-state index in [-0.39, 0.29) is 5.59 Å². The fraction of sp³-hybridized carbons (Fsp3) is 0.583. The molecule has 0 aromatic carbocycles. The number of esters is 1. The summed E-state index contributed by atoms with van der Waals surface area (Å²) in [6.45, 7) is 7.25. The zero-order valence-electron chi connectivity index (χ0n) is 16.1. The fourth-order valence-corrected chi connectivity index (χ4v) is 1.48. The third-order valence-electron chi connectivity index (χ3n) is 3.33. The van der Waals surface area contributed by atoms with E-state index in [0.717, 1.165) is 0 Å². The van der Waals surface area contributed by atoms with Crippen molar-refractivity contribution in [3.05, 3.63) is 18.0 Å². The summed E-state index contributed by atoms with van der Waals surface area (Å²) in [4.78, 5) is 19.2. The van der Waals surface area contributed by atoms with E-state index in [9.17, 15) is 4.79 Å². The molecular formula is C12H17BN2O4. The van der Waals surface area contributed by atoms with Crippen molar-refractivity contribution in [3.63, 3.8) is 0 Å². The lowest BCUT2D eigenvalue weighted by molar-refractivity contribution is 0.00578. The number of ether oxygens (including phenoxy) is 1. The van der Waals surface area contributed by atoms with Crippen molar-refractivity contribution in [2.24, 2.45) is 0 Å². The molecule has 19 heavy (non-hydrogen) atoms. The van der Waals surface area contributed by atoms with Gasteiger partial charge in [-0.25, -0.2) is 9.78 Å². The monoisotopic (exact) mass is 269 g/mol.